The van der Waals surface area contributed by atoms with E-state index in [1.54, 1.807) is 14.0 Å². The summed E-state index contributed by atoms with van der Waals surface area (Å²) in [5.74, 6) is -1.29. The van der Waals surface area contributed by atoms with Crippen molar-refractivity contribution in [2.75, 3.05) is 220 Å². The second-order valence-electron chi connectivity index (χ2n) is 21.0. The Labute approximate surface area is 540 Å². The summed E-state index contributed by atoms with van der Waals surface area (Å²) in [6.07, 6.45) is 2.35. The summed E-state index contributed by atoms with van der Waals surface area (Å²) in [5, 5.41) is 34.8. The van der Waals surface area contributed by atoms with E-state index in [9.17, 15) is 43.5 Å². The van der Waals surface area contributed by atoms with Crippen LogP contribution in [0.2, 0.25) is 0 Å². The molecular formula is C61H126N6O23. The van der Waals surface area contributed by atoms with Crippen LogP contribution in [0.4, 0.5) is 0 Å². The van der Waals surface area contributed by atoms with Gasteiger partial charge in [-0.1, -0.05) is 14.0 Å². The highest BCUT2D eigenvalue weighted by atomic mass is 16.6. The summed E-state index contributed by atoms with van der Waals surface area (Å²) in [4.78, 5) is 94.4. The fourth-order valence-electron chi connectivity index (χ4n) is 5.76. The molecule has 2 heterocycles. The minimum absolute atomic E-state index is 0. The number of ether oxygens (including phenoxy) is 11. The van der Waals surface area contributed by atoms with Crippen LogP contribution in [-0.4, -0.2) is 330 Å². The Balaban J connectivity index is -0.000000142. The number of aliphatic hydroxyl groups is 4. The highest BCUT2D eigenvalue weighted by Crippen LogP contribution is 2.06. The van der Waals surface area contributed by atoms with Gasteiger partial charge in [-0.15, -0.1) is 0 Å². The van der Waals surface area contributed by atoms with Gasteiger partial charge in [-0.3, -0.25) is 53.1 Å². The largest absolute Gasteiger partial charge is 0.502 e. The maximum atomic E-state index is 10.5. The Morgan fingerprint density at radius 1 is 0.467 bits per heavy atom. The van der Waals surface area contributed by atoms with E-state index in [2.05, 4.69) is 40.4 Å². The topological polar surface area (TPSA) is 338 Å². The first-order chi connectivity index (χ1) is 41.5. The van der Waals surface area contributed by atoms with Crippen LogP contribution in [-0.2, 0) is 90.5 Å². The van der Waals surface area contributed by atoms with E-state index in [1.807, 2.05) is 72.9 Å². The van der Waals surface area contributed by atoms with Gasteiger partial charge < -0.3 is 87.2 Å². The molecule has 538 valence electrons. The summed E-state index contributed by atoms with van der Waals surface area (Å²) < 4.78 is 52.4. The molecule has 2 fully saturated rings. The number of β-amino-alcohol motifs (C(OH)–C–C–N with tert-alkyl or cyclic N) is 1. The molecule has 0 aliphatic carbocycles. The first kappa shape index (κ1) is 101. The molecule has 1 atom stereocenters. The summed E-state index contributed by atoms with van der Waals surface area (Å²) in [6, 6.07) is 0. The van der Waals surface area contributed by atoms with Gasteiger partial charge in [-0.25, -0.2) is 0 Å². The zero-order chi connectivity index (χ0) is 70.0. The normalized spacial score (nSPS) is 12.6. The molecule has 2 aliphatic rings. The van der Waals surface area contributed by atoms with Gasteiger partial charge in [0.2, 0.25) is 0 Å². The van der Waals surface area contributed by atoms with Gasteiger partial charge >= 0.3 is 47.8 Å². The molecule has 29 heteroatoms. The van der Waals surface area contributed by atoms with Crippen molar-refractivity contribution in [2.45, 2.75) is 121 Å². The highest BCUT2D eigenvalue weighted by molar-refractivity contribution is 5.68. The van der Waals surface area contributed by atoms with Crippen molar-refractivity contribution in [2.24, 2.45) is 0 Å². The molecule has 0 aromatic rings. The molecule has 0 aromatic heterocycles. The van der Waals surface area contributed by atoms with Gasteiger partial charge in [-0.05, 0) is 95.8 Å². The van der Waals surface area contributed by atoms with E-state index < -0.39 is 6.10 Å². The SMILES string of the molecule is C.C=C(C)OC.CC(=O)OC(C)(C)C.CC(=O)OCC(O)CN1CCOCC1.CC(=O)OCCCCN(C)C.CC(=O)OCCCN(C)C.CC(=O)OCCN(C)C.CC(=O)OCCN(CCO)CCO.CC(=O)OCCN1CCOCC1.CC(=O)OCCO. The van der Waals surface area contributed by atoms with Gasteiger partial charge in [0.1, 0.15) is 44.7 Å². The average molecular weight is 1310 g/mol. The van der Waals surface area contributed by atoms with Crippen molar-refractivity contribution < 1.29 is 111 Å². The van der Waals surface area contributed by atoms with Crippen molar-refractivity contribution in [3.63, 3.8) is 0 Å². The maximum Gasteiger partial charge on any atom is 0.303 e. The van der Waals surface area contributed by atoms with E-state index in [-0.39, 0.29) is 93.8 Å². The smallest absolute Gasteiger partial charge is 0.303 e. The first-order valence-corrected chi connectivity index (χ1v) is 29.6. The number of methoxy groups -OCH3 is 1. The number of unbranched alkanes of at least 4 members (excludes halogenated alkanes) is 1. The molecule has 29 nitrogen and oxygen atoms in total. The minimum atomic E-state index is -0.600. The fraction of sp³-hybridized carbons (Fsp3) is 0.836. The predicted octanol–water partition coefficient (Wildman–Crippen LogP) is 2.16. The van der Waals surface area contributed by atoms with E-state index in [0.717, 1.165) is 90.6 Å². The van der Waals surface area contributed by atoms with Crippen LogP contribution < -0.4 is 0 Å². The Morgan fingerprint density at radius 3 is 1.13 bits per heavy atom. The van der Waals surface area contributed by atoms with Gasteiger partial charge in [-0.2, -0.15) is 0 Å². The van der Waals surface area contributed by atoms with Gasteiger partial charge in [0.05, 0.1) is 72.3 Å². The fourth-order valence-corrected chi connectivity index (χ4v) is 5.76. The number of esters is 8. The molecule has 4 N–H and O–H groups in total. The highest BCUT2D eigenvalue weighted by Gasteiger charge is 2.16. The summed E-state index contributed by atoms with van der Waals surface area (Å²) in [7, 11) is 13.5. The van der Waals surface area contributed by atoms with Crippen LogP contribution in [0.15, 0.2) is 12.3 Å². The number of allylic oxidation sites excluding steroid dienone is 1. The van der Waals surface area contributed by atoms with Gasteiger partial charge in [0.15, 0.2) is 0 Å². The van der Waals surface area contributed by atoms with Crippen LogP contribution in [0.5, 0.6) is 0 Å². The van der Waals surface area contributed by atoms with Crippen LogP contribution in [0.1, 0.15) is 110 Å². The summed E-state index contributed by atoms with van der Waals surface area (Å²) >= 11 is 0. The lowest BCUT2D eigenvalue weighted by molar-refractivity contribution is -0.152. The molecule has 1 unspecified atom stereocenters. The van der Waals surface area contributed by atoms with E-state index in [4.69, 9.17) is 53.2 Å². The van der Waals surface area contributed by atoms with Crippen LogP contribution in [0.3, 0.4) is 0 Å². The maximum absolute atomic E-state index is 10.5. The third-order valence-corrected chi connectivity index (χ3v) is 9.81. The van der Waals surface area contributed by atoms with E-state index in [0.29, 0.717) is 72.4 Å². The molecule has 2 rings (SSSR count). The number of likely N-dealkylation sites (N-methyl/N-ethyl adjacent to an activating group) is 1. The average Bonchev–Trinajstić information content (AvgIpc) is 3.49. The Kier molecular flexibility index (Phi) is 81.8. The predicted molar refractivity (Wildman–Crippen MR) is 344 cm³/mol. The van der Waals surface area contributed by atoms with Crippen molar-refractivity contribution in [1.29, 1.82) is 0 Å². The molecule has 0 saturated carbocycles. The second kappa shape index (κ2) is 72.9. The monoisotopic (exact) mass is 1310 g/mol. The molecule has 0 aromatic carbocycles. The molecule has 0 spiro atoms. The van der Waals surface area contributed by atoms with Crippen LogP contribution >= 0.6 is 0 Å². The number of nitrogens with zero attached hydrogens (tertiary/aromatic N) is 6. The molecule has 90 heavy (non-hydrogen) atoms. The standard InChI is InChI=1S/C9H17NO4.C8H17NO4.C8H15NO3.C8H17NO2.C7H15NO2.C6H13NO2.C6H12O2.C4H8O3.C4H8O.CH4/c1-8(11)14-7-9(12)6-10-2-4-13-5-3-10;1-8(12)13-7-4-9(2-5-10)3-6-11;1-8(10)12-7-4-9-2-5-11-6-3-9;1-8(10)11-7-5-4-6-9(2)3;1-7(9)10-6-4-5-8(2)3;1-6(8)9-5-4-7(2)3;1-5(7)8-6(2,3)4;1-4(6)7-3-2-5;1-4(2)5-3;/h9,12H,2-7H2,1H3;10-11H,2-7H2,1H3;2-7H2,1H3;4-7H2,1-3H3;4-6H2,1-3H3;4-5H2,1-3H3;1-4H3;5H,2-3H2,1H3;1H2,2-3H3;1H4. The third-order valence-electron chi connectivity index (χ3n) is 9.81. The zero-order valence-corrected chi connectivity index (χ0v) is 58.0. The summed E-state index contributed by atoms with van der Waals surface area (Å²) in [5.41, 5.74) is -0.328. The number of carbonyl (C=O) groups excluding carboxylic acids is 8. The van der Waals surface area contributed by atoms with E-state index in [1.165, 1.54) is 55.4 Å². The third kappa shape index (κ3) is 114. The minimum Gasteiger partial charge on any atom is -0.502 e. The number of aliphatic hydroxyl groups excluding tert-OH is 4. The van der Waals surface area contributed by atoms with Crippen LogP contribution in [0, 0.1) is 0 Å². The van der Waals surface area contributed by atoms with E-state index >= 15 is 0 Å². The van der Waals surface area contributed by atoms with Crippen molar-refractivity contribution in [3.8, 4) is 0 Å². The van der Waals surface area contributed by atoms with Gasteiger partial charge in [0, 0.05) is 127 Å². The number of morpholine rings is 2. The molecule has 0 amide bonds. The Hall–Kier alpha value is -5.18. The molecule has 2 saturated heterocycles. The van der Waals surface area contributed by atoms with Crippen molar-refractivity contribution in [3.05, 3.63) is 12.3 Å². The molecule has 0 bridgehead atoms. The van der Waals surface area contributed by atoms with Gasteiger partial charge in [0.25, 0.3) is 0 Å². The number of hydrogen-bond donors (Lipinski definition) is 4. The van der Waals surface area contributed by atoms with Crippen molar-refractivity contribution in [1.82, 2.24) is 29.4 Å². The Bertz CT molecular complexity index is 1710. The lowest BCUT2D eigenvalue weighted by Gasteiger charge is -2.28. The van der Waals surface area contributed by atoms with Crippen molar-refractivity contribution >= 4 is 47.8 Å². The number of carbonyl (C=O) groups is 8. The second-order valence-corrected chi connectivity index (χ2v) is 21.0. The summed E-state index contributed by atoms with van der Waals surface area (Å²) in [6.45, 7) is 36.7. The zero-order valence-electron chi connectivity index (χ0n) is 58.0. The lowest BCUT2D eigenvalue weighted by Crippen LogP contribution is -2.42. The molecular weight excluding hydrogens is 1180 g/mol. The molecule has 0 radical (unpaired) electrons. The number of hydrogen-bond acceptors (Lipinski definition) is 29. The molecule has 2 aliphatic heterocycles. The van der Waals surface area contributed by atoms with Crippen LogP contribution in [0.25, 0.3) is 0 Å². The lowest BCUT2D eigenvalue weighted by atomic mass is 10.2. The quantitative estimate of drug-likeness (QED) is 0.0361. The first-order valence-electron chi connectivity index (χ1n) is 29.6. The number of rotatable bonds is 29. The Morgan fingerprint density at radius 2 is 0.811 bits per heavy atom.